The van der Waals surface area contributed by atoms with E-state index in [0.29, 0.717) is 5.92 Å². The molecular formula is C32H48O4. The van der Waals surface area contributed by atoms with Crippen molar-refractivity contribution in [3.05, 3.63) is 71.4 Å². The minimum atomic E-state index is -0.643. The molecular weight excluding hydrogens is 448 g/mol. The minimum absolute atomic E-state index is 0.0456. The van der Waals surface area contributed by atoms with Crippen molar-refractivity contribution in [3.63, 3.8) is 0 Å². The van der Waals surface area contributed by atoms with Gasteiger partial charge in [0.05, 0.1) is 6.10 Å². The standard InChI is InChI=1S/C32H48O4/c1-9-22(3)19-25(6)31(34)27(8)32(35)26(7)20-23(4)13-11-14-24(5)21-28(10-2)17-18-29-15-12-16-30(33)36-29/h9,11-13,16-18,20-21,24-27,29,31,34H,10,14-15,19H2,1-8H3/b13-11+,18-17+,22-9+,23-20+,28-21-/t24-,25-,26-,27-,29-,31-/m1/s1. The minimum Gasteiger partial charge on any atom is -0.455 e. The summed E-state index contributed by atoms with van der Waals surface area (Å²) >= 11 is 0. The first-order valence-corrected chi connectivity index (χ1v) is 13.4. The van der Waals surface area contributed by atoms with Crippen molar-refractivity contribution in [1.29, 1.82) is 0 Å². The second-order valence-electron chi connectivity index (χ2n) is 10.4. The molecule has 200 valence electrons. The molecule has 1 heterocycles. The topological polar surface area (TPSA) is 63.6 Å². The Hall–Kier alpha value is -2.46. The van der Waals surface area contributed by atoms with Gasteiger partial charge in [0.2, 0.25) is 0 Å². The van der Waals surface area contributed by atoms with Crippen LogP contribution in [0.25, 0.3) is 0 Å². The molecule has 36 heavy (non-hydrogen) atoms. The third-order valence-electron chi connectivity index (χ3n) is 6.85. The van der Waals surface area contributed by atoms with E-state index in [1.807, 2.05) is 52.8 Å². The van der Waals surface area contributed by atoms with Crippen molar-refractivity contribution in [2.24, 2.45) is 23.7 Å². The fraction of sp³-hybridized carbons (Fsp3) is 0.562. The van der Waals surface area contributed by atoms with Crippen LogP contribution in [0.3, 0.4) is 0 Å². The molecule has 1 aliphatic heterocycles. The van der Waals surface area contributed by atoms with Gasteiger partial charge >= 0.3 is 5.97 Å². The smallest absolute Gasteiger partial charge is 0.331 e. The molecule has 0 radical (unpaired) electrons. The number of Topliss-reactive ketones (excluding diaryl/α,β-unsaturated/α-hetero) is 1. The Balaban J connectivity index is 2.64. The Morgan fingerprint density at radius 1 is 1.17 bits per heavy atom. The summed E-state index contributed by atoms with van der Waals surface area (Å²) in [6.07, 6.45) is 20.4. The average Bonchev–Trinajstić information content (AvgIpc) is 2.84. The van der Waals surface area contributed by atoms with E-state index in [1.165, 1.54) is 17.2 Å². The lowest BCUT2D eigenvalue weighted by Gasteiger charge is -2.25. The van der Waals surface area contributed by atoms with Gasteiger partial charge in [0.1, 0.15) is 11.9 Å². The zero-order valence-electron chi connectivity index (χ0n) is 23.7. The Kier molecular flexibility index (Phi) is 14.3. The Morgan fingerprint density at radius 2 is 1.86 bits per heavy atom. The number of rotatable bonds is 14. The van der Waals surface area contributed by atoms with E-state index in [1.54, 1.807) is 0 Å². The summed E-state index contributed by atoms with van der Waals surface area (Å²) in [4.78, 5) is 24.3. The molecule has 1 N–H and O–H groups in total. The SMILES string of the molecule is C/C=C(\C)C[C@@H](C)[C@@H](O)[C@@H](C)C(=O)[C@H](C)/C=C(C)/C=C/C[C@@H](C)/C=C(\C=C\[C@H]1CC=CC(=O)O1)CC. The number of aliphatic hydroxyl groups excluding tert-OH is 1. The molecule has 0 fully saturated rings. The van der Waals surface area contributed by atoms with E-state index >= 15 is 0 Å². The molecule has 0 aliphatic carbocycles. The maximum absolute atomic E-state index is 12.9. The molecule has 0 aromatic rings. The fourth-order valence-corrected chi connectivity index (χ4v) is 4.43. The summed E-state index contributed by atoms with van der Waals surface area (Å²) in [5, 5.41) is 10.7. The number of carbonyl (C=O) groups excluding carboxylic acids is 2. The first kappa shape index (κ1) is 31.6. The van der Waals surface area contributed by atoms with Crippen molar-refractivity contribution in [3.8, 4) is 0 Å². The molecule has 0 aromatic heterocycles. The number of esters is 1. The van der Waals surface area contributed by atoms with E-state index in [-0.39, 0.29) is 29.7 Å². The van der Waals surface area contributed by atoms with Gasteiger partial charge in [-0.15, -0.1) is 0 Å². The Morgan fingerprint density at radius 3 is 2.47 bits per heavy atom. The van der Waals surface area contributed by atoms with Crippen LogP contribution in [0.4, 0.5) is 0 Å². The third kappa shape index (κ3) is 11.5. The average molecular weight is 497 g/mol. The number of hydrogen-bond donors (Lipinski definition) is 1. The van der Waals surface area contributed by atoms with Crippen LogP contribution in [-0.4, -0.2) is 29.1 Å². The number of carbonyl (C=O) groups is 2. The molecule has 0 unspecified atom stereocenters. The summed E-state index contributed by atoms with van der Waals surface area (Å²) in [6, 6.07) is 0. The fourth-order valence-electron chi connectivity index (χ4n) is 4.43. The van der Waals surface area contributed by atoms with Crippen LogP contribution in [0, 0.1) is 23.7 Å². The summed E-state index contributed by atoms with van der Waals surface area (Å²) in [6.45, 7) is 16.1. The Labute approximate surface area is 219 Å². The normalized spacial score (nSPS) is 22.0. The van der Waals surface area contributed by atoms with Crippen LogP contribution in [-0.2, 0) is 14.3 Å². The molecule has 4 nitrogen and oxygen atoms in total. The van der Waals surface area contributed by atoms with Gasteiger partial charge in [-0.25, -0.2) is 4.79 Å². The number of ether oxygens (including phenoxy) is 1. The van der Waals surface area contributed by atoms with Gasteiger partial charge in [-0.1, -0.05) is 93.9 Å². The molecule has 0 aromatic carbocycles. The third-order valence-corrected chi connectivity index (χ3v) is 6.85. The van der Waals surface area contributed by atoms with E-state index < -0.39 is 12.0 Å². The first-order chi connectivity index (χ1) is 17.0. The highest BCUT2D eigenvalue weighted by Gasteiger charge is 2.29. The highest BCUT2D eigenvalue weighted by molar-refractivity contribution is 5.85. The highest BCUT2D eigenvalue weighted by Crippen LogP contribution is 2.24. The van der Waals surface area contributed by atoms with Gasteiger partial charge in [0.15, 0.2) is 0 Å². The zero-order valence-corrected chi connectivity index (χ0v) is 23.7. The highest BCUT2D eigenvalue weighted by atomic mass is 16.5. The lowest BCUT2D eigenvalue weighted by molar-refractivity contribution is -0.141. The van der Waals surface area contributed by atoms with Crippen LogP contribution >= 0.6 is 0 Å². The molecule has 0 amide bonds. The maximum Gasteiger partial charge on any atom is 0.331 e. The van der Waals surface area contributed by atoms with Crippen LogP contribution in [0.15, 0.2) is 71.4 Å². The molecule has 1 rings (SSSR count). The summed E-state index contributed by atoms with van der Waals surface area (Å²) in [7, 11) is 0. The van der Waals surface area contributed by atoms with Crippen molar-refractivity contribution in [1.82, 2.24) is 0 Å². The van der Waals surface area contributed by atoms with Crippen LogP contribution in [0.5, 0.6) is 0 Å². The number of hydrogen-bond acceptors (Lipinski definition) is 4. The Bertz CT molecular complexity index is 899. The molecule has 4 heteroatoms. The van der Waals surface area contributed by atoms with E-state index in [4.69, 9.17) is 4.74 Å². The summed E-state index contributed by atoms with van der Waals surface area (Å²) in [5.41, 5.74) is 3.50. The van der Waals surface area contributed by atoms with Gasteiger partial charge in [-0.3, -0.25) is 4.79 Å². The van der Waals surface area contributed by atoms with Crippen LogP contribution in [0.1, 0.15) is 81.1 Å². The summed E-state index contributed by atoms with van der Waals surface area (Å²) < 4.78 is 5.29. The number of allylic oxidation sites excluding steroid dienone is 9. The number of cyclic esters (lactones) is 1. The van der Waals surface area contributed by atoms with Crippen molar-refractivity contribution >= 4 is 11.8 Å². The number of ketones is 1. The van der Waals surface area contributed by atoms with Gasteiger partial charge in [0.25, 0.3) is 0 Å². The van der Waals surface area contributed by atoms with Gasteiger partial charge in [-0.05, 0) is 57.9 Å². The number of aliphatic hydroxyl groups is 1. The summed E-state index contributed by atoms with van der Waals surface area (Å²) in [5.74, 6) is -0.438. The predicted molar refractivity (Wildman–Crippen MR) is 150 cm³/mol. The predicted octanol–water partition coefficient (Wildman–Crippen LogP) is 7.47. The molecule has 0 saturated carbocycles. The van der Waals surface area contributed by atoms with Crippen LogP contribution in [0.2, 0.25) is 0 Å². The largest absolute Gasteiger partial charge is 0.455 e. The van der Waals surface area contributed by atoms with E-state index in [9.17, 15) is 14.7 Å². The molecule has 0 bridgehead atoms. The molecule has 0 spiro atoms. The first-order valence-electron chi connectivity index (χ1n) is 13.4. The van der Waals surface area contributed by atoms with Crippen molar-refractivity contribution in [2.75, 3.05) is 0 Å². The quantitative estimate of drug-likeness (QED) is 0.154. The molecule has 6 atom stereocenters. The van der Waals surface area contributed by atoms with Crippen LogP contribution < -0.4 is 0 Å². The van der Waals surface area contributed by atoms with E-state index in [0.717, 1.165) is 31.3 Å². The lowest BCUT2D eigenvalue weighted by Crippen LogP contribution is -2.34. The van der Waals surface area contributed by atoms with Crippen molar-refractivity contribution < 1.29 is 19.4 Å². The van der Waals surface area contributed by atoms with Gasteiger partial charge < -0.3 is 9.84 Å². The van der Waals surface area contributed by atoms with Crippen molar-refractivity contribution in [2.45, 2.75) is 93.3 Å². The maximum atomic E-state index is 12.9. The zero-order chi connectivity index (χ0) is 27.3. The lowest BCUT2D eigenvalue weighted by atomic mass is 9.83. The molecule has 1 aliphatic rings. The second kappa shape index (κ2) is 16.3. The second-order valence-corrected chi connectivity index (χ2v) is 10.4. The van der Waals surface area contributed by atoms with Gasteiger partial charge in [0, 0.05) is 24.3 Å². The van der Waals surface area contributed by atoms with E-state index in [2.05, 4.69) is 51.2 Å². The molecule has 0 saturated heterocycles. The van der Waals surface area contributed by atoms with Gasteiger partial charge in [-0.2, -0.15) is 0 Å². The monoisotopic (exact) mass is 496 g/mol.